The normalized spacial score (nSPS) is 12.7. The topological polar surface area (TPSA) is 58.6 Å². The number of methoxy groups -OCH3 is 1. The van der Waals surface area contributed by atoms with Crippen molar-refractivity contribution in [1.29, 1.82) is 0 Å². The van der Waals surface area contributed by atoms with Crippen LogP contribution in [0, 0.1) is 0 Å². The molecule has 174 valence electrons. The van der Waals surface area contributed by atoms with Crippen LogP contribution in [0.15, 0.2) is 53.4 Å². The number of rotatable bonds is 12. The minimum atomic E-state index is -0.515. The third-order valence-corrected chi connectivity index (χ3v) is 6.56. The van der Waals surface area contributed by atoms with Crippen molar-refractivity contribution in [2.45, 2.75) is 63.6 Å². The lowest BCUT2D eigenvalue weighted by molar-refractivity contribution is -0.141. The summed E-state index contributed by atoms with van der Waals surface area (Å²) >= 11 is 7.55. The first kappa shape index (κ1) is 26.1. The van der Waals surface area contributed by atoms with Crippen LogP contribution in [0.1, 0.15) is 45.6 Å². The summed E-state index contributed by atoms with van der Waals surface area (Å²) in [6.45, 7) is 6.32. The molecule has 0 radical (unpaired) electrons. The van der Waals surface area contributed by atoms with Crippen molar-refractivity contribution < 1.29 is 14.3 Å². The summed E-state index contributed by atoms with van der Waals surface area (Å²) < 4.78 is 5.23. The number of ether oxygens (including phenoxy) is 1. The van der Waals surface area contributed by atoms with Crippen molar-refractivity contribution >= 4 is 35.2 Å². The highest BCUT2D eigenvalue weighted by molar-refractivity contribution is 7.99. The van der Waals surface area contributed by atoms with Gasteiger partial charge in [0.15, 0.2) is 0 Å². The van der Waals surface area contributed by atoms with Gasteiger partial charge in [-0.1, -0.05) is 37.6 Å². The molecule has 0 saturated carbocycles. The Morgan fingerprint density at radius 2 is 1.72 bits per heavy atom. The second-order valence-electron chi connectivity index (χ2n) is 7.66. The van der Waals surface area contributed by atoms with Crippen molar-refractivity contribution in [3.63, 3.8) is 0 Å². The van der Waals surface area contributed by atoms with E-state index in [2.05, 4.69) is 5.32 Å². The van der Waals surface area contributed by atoms with Crippen LogP contribution >= 0.6 is 23.4 Å². The molecule has 2 rings (SSSR count). The molecule has 0 bridgehead atoms. The number of amides is 2. The highest BCUT2D eigenvalue weighted by Gasteiger charge is 2.29. The summed E-state index contributed by atoms with van der Waals surface area (Å²) in [7, 11) is 1.62. The summed E-state index contributed by atoms with van der Waals surface area (Å²) in [4.78, 5) is 29.0. The predicted molar refractivity (Wildman–Crippen MR) is 132 cm³/mol. The van der Waals surface area contributed by atoms with E-state index < -0.39 is 6.04 Å². The van der Waals surface area contributed by atoms with Crippen LogP contribution in [0.2, 0.25) is 5.02 Å². The zero-order chi connectivity index (χ0) is 23.5. The lowest BCUT2D eigenvalue weighted by Crippen LogP contribution is -2.50. The number of benzene rings is 2. The summed E-state index contributed by atoms with van der Waals surface area (Å²) in [5.41, 5.74) is 0.958. The molecule has 32 heavy (non-hydrogen) atoms. The molecule has 0 aliphatic rings. The zero-order valence-electron chi connectivity index (χ0n) is 19.3. The average molecular weight is 477 g/mol. The van der Waals surface area contributed by atoms with Gasteiger partial charge in [0.05, 0.1) is 7.11 Å². The molecule has 0 aromatic heterocycles. The molecule has 1 N–H and O–H groups in total. The lowest BCUT2D eigenvalue weighted by Gasteiger charge is -2.31. The highest BCUT2D eigenvalue weighted by Crippen LogP contribution is 2.22. The number of nitrogens with zero attached hydrogens (tertiary/aromatic N) is 1. The van der Waals surface area contributed by atoms with Gasteiger partial charge in [-0.25, -0.2) is 0 Å². The van der Waals surface area contributed by atoms with E-state index in [0.717, 1.165) is 22.6 Å². The number of nitrogens with one attached hydrogen (secondary N) is 1. The summed E-state index contributed by atoms with van der Waals surface area (Å²) in [5.74, 6) is 1.25. The second kappa shape index (κ2) is 13.4. The first-order chi connectivity index (χ1) is 15.4. The van der Waals surface area contributed by atoms with Gasteiger partial charge in [-0.2, -0.15) is 0 Å². The molecule has 7 heteroatoms. The van der Waals surface area contributed by atoms with Crippen molar-refractivity contribution in [3.05, 3.63) is 59.1 Å². The molecule has 0 heterocycles. The van der Waals surface area contributed by atoms with Gasteiger partial charge >= 0.3 is 0 Å². The Morgan fingerprint density at radius 3 is 2.28 bits per heavy atom. The van der Waals surface area contributed by atoms with Crippen molar-refractivity contribution in [2.24, 2.45) is 0 Å². The Balaban J connectivity index is 2.13. The standard InChI is InChI=1S/C25H33ClN2O3S/c1-5-18(3)27-25(30)23(6-2)28(17-19-7-11-21(31-4)12-8-19)24(29)15-16-32-22-13-9-20(26)10-14-22/h7-14,18,23H,5-6,15-17H2,1-4H3,(H,27,30)/t18-,23-/m0/s1. The van der Waals surface area contributed by atoms with Crippen LogP contribution in [0.25, 0.3) is 0 Å². The van der Waals surface area contributed by atoms with Gasteiger partial charge in [0.1, 0.15) is 11.8 Å². The maximum Gasteiger partial charge on any atom is 0.243 e. The lowest BCUT2D eigenvalue weighted by atomic mass is 10.1. The second-order valence-corrected chi connectivity index (χ2v) is 9.27. The maximum absolute atomic E-state index is 13.3. The molecule has 2 aromatic carbocycles. The van der Waals surface area contributed by atoms with Crippen LogP contribution in [-0.4, -0.2) is 41.7 Å². The SMILES string of the molecule is CC[C@H](C)NC(=O)[C@H](CC)N(Cc1ccc(OC)cc1)C(=O)CCSc1ccc(Cl)cc1. The van der Waals surface area contributed by atoms with E-state index in [9.17, 15) is 9.59 Å². The molecule has 2 aromatic rings. The minimum absolute atomic E-state index is 0.0339. The van der Waals surface area contributed by atoms with E-state index in [-0.39, 0.29) is 17.9 Å². The smallest absolute Gasteiger partial charge is 0.243 e. The van der Waals surface area contributed by atoms with E-state index in [1.54, 1.807) is 23.8 Å². The van der Waals surface area contributed by atoms with Crippen LogP contribution in [0.5, 0.6) is 5.75 Å². The number of thioether (sulfide) groups is 1. The number of halogens is 1. The average Bonchev–Trinajstić information content (AvgIpc) is 2.80. The van der Waals surface area contributed by atoms with Crippen molar-refractivity contribution in [1.82, 2.24) is 10.2 Å². The fourth-order valence-corrected chi connectivity index (χ4v) is 4.19. The van der Waals surface area contributed by atoms with Gasteiger partial charge in [0.2, 0.25) is 11.8 Å². The molecule has 0 aliphatic heterocycles. The molecule has 2 atom stereocenters. The number of hydrogen-bond acceptors (Lipinski definition) is 4. The van der Waals surface area contributed by atoms with E-state index in [1.807, 2.05) is 69.3 Å². The molecule has 0 fully saturated rings. The van der Waals surface area contributed by atoms with Crippen LogP contribution in [0.4, 0.5) is 0 Å². The van der Waals surface area contributed by atoms with Gasteiger partial charge in [0, 0.05) is 34.7 Å². The maximum atomic E-state index is 13.3. The zero-order valence-corrected chi connectivity index (χ0v) is 20.8. The minimum Gasteiger partial charge on any atom is -0.497 e. The number of hydrogen-bond donors (Lipinski definition) is 1. The summed E-state index contributed by atoms with van der Waals surface area (Å²) in [5, 5.41) is 3.73. The summed E-state index contributed by atoms with van der Waals surface area (Å²) in [6, 6.07) is 14.7. The molecule has 0 saturated heterocycles. The molecule has 0 unspecified atom stereocenters. The fraction of sp³-hybridized carbons (Fsp3) is 0.440. The Bertz CT molecular complexity index is 858. The van der Waals surface area contributed by atoms with E-state index >= 15 is 0 Å². The molecule has 0 spiro atoms. The van der Waals surface area contributed by atoms with Crippen molar-refractivity contribution in [3.8, 4) is 5.75 Å². The number of carbonyl (C=O) groups is 2. The predicted octanol–water partition coefficient (Wildman–Crippen LogP) is 5.55. The first-order valence-corrected chi connectivity index (χ1v) is 12.3. The molecule has 5 nitrogen and oxygen atoms in total. The Hall–Kier alpha value is -2.18. The van der Waals surface area contributed by atoms with Gasteiger partial charge in [0.25, 0.3) is 0 Å². The molecule has 2 amide bonds. The quantitative estimate of drug-likeness (QED) is 0.408. The number of carbonyl (C=O) groups excluding carboxylic acids is 2. The van der Waals surface area contributed by atoms with Gasteiger partial charge in [-0.05, 0) is 61.7 Å². The molecule has 0 aliphatic carbocycles. The molecular weight excluding hydrogens is 444 g/mol. The Morgan fingerprint density at radius 1 is 1.06 bits per heavy atom. The van der Waals surface area contributed by atoms with Gasteiger partial charge in [-0.15, -0.1) is 11.8 Å². The third-order valence-electron chi connectivity index (χ3n) is 5.30. The van der Waals surface area contributed by atoms with E-state index in [0.29, 0.717) is 30.2 Å². The van der Waals surface area contributed by atoms with Crippen LogP contribution in [0.3, 0.4) is 0 Å². The fourth-order valence-electron chi connectivity index (χ4n) is 3.22. The first-order valence-electron chi connectivity index (χ1n) is 11.0. The van der Waals surface area contributed by atoms with Crippen LogP contribution in [-0.2, 0) is 16.1 Å². The van der Waals surface area contributed by atoms with Gasteiger partial charge < -0.3 is 15.0 Å². The van der Waals surface area contributed by atoms with E-state index in [4.69, 9.17) is 16.3 Å². The van der Waals surface area contributed by atoms with Crippen molar-refractivity contribution in [2.75, 3.05) is 12.9 Å². The van der Waals surface area contributed by atoms with E-state index in [1.165, 1.54) is 0 Å². The highest BCUT2D eigenvalue weighted by atomic mass is 35.5. The molecular formula is C25H33ClN2O3S. The Labute approximate surface area is 200 Å². The monoisotopic (exact) mass is 476 g/mol. The Kier molecular flexibility index (Phi) is 10.9. The largest absolute Gasteiger partial charge is 0.497 e. The summed E-state index contributed by atoms with van der Waals surface area (Å²) in [6.07, 6.45) is 1.73. The van der Waals surface area contributed by atoms with Gasteiger partial charge in [-0.3, -0.25) is 9.59 Å². The van der Waals surface area contributed by atoms with Crippen LogP contribution < -0.4 is 10.1 Å². The third kappa shape index (κ3) is 8.06.